The number of nitro benzene ring substituents is 1. The number of non-ortho nitro benzene ring substituents is 1. The van der Waals surface area contributed by atoms with Crippen molar-refractivity contribution < 1.29 is 14.5 Å². The van der Waals surface area contributed by atoms with Crippen molar-refractivity contribution in [2.24, 2.45) is 0 Å². The number of hydrogen-bond acceptors (Lipinski definition) is 5. The zero-order valence-corrected chi connectivity index (χ0v) is 14.4. The number of ether oxygens (including phenoxy) is 1. The minimum Gasteiger partial charge on any atom is -0.496 e. The molecule has 6 nitrogen and oxygen atoms in total. The summed E-state index contributed by atoms with van der Waals surface area (Å²) in [4.78, 5) is 24.0. The van der Waals surface area contributed by atoms with Crippen LogP contribution in [-0.4, -0.2) is 24.2 Å². The minimum atomic E-state index is -0.541. The molecule has 1 unspecified atom stereocenters. The Morgan fingerprint density at radius 3 is 2.46 bits per heavy atom. The highest BCUT2D eigenvalue weighted by Gasteiger charge is 2.19. The number of carbonyl (C=O) groups is 1. The summed E-state index contributed by atoms with van der Waals surface area (Å²) in [5, 5.41) is 13.8. The van der Waals surface area contributed by atoms with Crippen LogP contribution in [0.4, 0.5) is 5.69 Å². The molecule has 126 valence electrons. The van der Waals surface area contributed by atoms with Gasteiger partial charge in [0.2, 0.25) is 0 Å². The molecule has 24 heavy (non-hydrogen) atoms. The van der Waals surface area contributed by atoms with Crippen LogP contribution in [0.25, 0.3) is 0 Å². The van der Waals surface area contributed by atoms with Gasteiger partial charge in [0.1, 0.15) is 5.75 Å². The molecule has 0 aliphatic rings. The molecule has 2 aromatic rings. The molecule has 0 heterocycles. The average molecular weight is 346 g/mol. The predicted molar refractivity (Wildman–Crippen MR) is 93.8 cm³/mol. The van der Waals surface area contributed by atoms with Crippen molar-refractivity contribution in [1.82, 2.24) is 5.32 Å². The molecule has 0 spiro atoms. The molecular formula is C17H18N2O4S. The number of nitrogens with one attached hydrogen (secondary N) is 1. The Kier molecular flexibility index (Phi) is 5.81. The van der Waals surface area contributed by atoms with Crippen LogP contribution < -0.4 is 10.1 Å². The van der Waals surface area contributed by atoms with Gasteiger partial charge in [-0.3, -0.25) is 14.9 Å². The number of carbonyl (C=O) groups excluding carboxylic acids is 1. The van der Waals surface area contributed by atoms with Gasteiger partial charge in [-0.05, 0) is 36.9 Å². The van der Waals surface area contributed by atoms with Gasteiger partial charge in [0.15, 0.2) is 0 Å². The minimum absolute atomic E-state index is 0.138. The standard InChI is InChI=1S/C17H18N2O4S/c1-11(12-4-7-14(24-3)8-5-12)18-17(20)15-10-13(19(21)22)6-9-16(15)23-2/h4-11H,1-3H3,(H,18,20). The van der Waals surface area contributed by atoms with E-state index < -0.39 is 10.8 Å². The van der Waals surface area contributed by atoms with Crippen molar-refractivity contribution in [1.29, 1.82) is 0 Å². The van der Waals surface area contributed by atoms with Crippen molar-refractivity contribution in [3.05, 3.63) is 63.7 Å². The van der Waals surface area contributed by atoms with Crippen LogP contribution >= 0.6 is 11.8 Å². The van der Waals surface area contributed by atoms with Crippen molar-refractivity contribution in [2.45, 2.75) is 17.9 Å². The second-order valence-electron chi connectivity index (χ2n) is 5.11. The molecule has 1 N–H and O–H groups in total. The van der Waals surface area contributed by atoms with Crippen LogP contribution in [0.3, 0.4) is 0 Å². The Labute approximate surface area is 144 Å². The molecule has 0 aliphatic heterocycles. The lowest BCUT2D eigenvalue weighted by Gasteiger charge is -2.16. The molecule has 0 fully saturated rings. The summed E-state index contributed by atoms with van der Waals surface area (Å²) in [6.45, 7) is 1.86. The lowest BCUT2D eigenvalue weighted by atomic mass is 10.1. The average Bonchev–Trinajstić information content (AvgIpc) is 2.60. The van der Waals surface area contributed by atoms with Gasteiger partial charge in [-0.25, -0.2) is 0 Å². The molecule has 1 atom stereocenters. The maximum absolute atomic E-state index is 12.5. The predicted octanol–water partition coefficient (Wildman–Crippen LogP) is 3.82. The van der Waals surface area contributed by atoms with Crippen molar-refractivity contribution >= 4 is 23.4 Å². The number of amides is 1. The number of benzene rings is 2. The highest BCUT2D eigenvalue weighted by atomic mass is 32.2. The van der Waals surface area contributed by atoms with Crippen molar-refractivity contribution in [2.75, 3.05) is 13.4 Å². The van der Waals surface area contributed by atoms with Gasteiger partial charge >= 0.3 is 0 Å². The topological polar surface area (TPSA) is 81.5 Å². The van der Waals surface area contributed by atoms with Crippen LogP contribution in [0.15, 0.2) is 47.4 Å². The Morgan fingerprint density at radius 2 is 1.92 bits per heavy atom. The fourth-order valence-electron chi connectivity index (χ4n) is 2.24. The third kappa shape index (κ3) is 4.05. The molecule has 2 aromatic carbocycles. The van der Waals surface area contributed by atoms with Crippen LogP contribution in [0.2, 0.25) is 0 Å². The summed E-state index contributed by atoms with van der Waals surface area (Å²) >= 11 is 1.64. The molecule has 7 heteroatoms. The number of nitro groups is 1. The summed E-state index contributed by atoms with van der Waals surface area (Å²) in [7, 11) is 1.42. The number of hydrogen-bond donors (Lipinski definition) is 1. The van der Waals surface area contributed by atoms with Crippen LogP contribution in [0.1, 0.15) is 28.9 Å². The van der Waals surface area contributed by atoms with Gasteiger partial charge in [0.25, 0.3) is 11.6 Å². The van der Waals surface area contributed by atoms with E-state index in [0.29, 0.717) is 5.75 Å². The molecule has 0 aliphatic carbocycles. The van der Waals surface area contributed by atoms with Gasteiger partial charge in [0, 0.05) is 17.0 Å². The molecule has 2 rings (SSSR count). The first-order valence-corrected chi connectivity index (χ1v) is 8.46. The fourth-order valence-corrected chi connectivity index (χ4v) is 2.65. The smallest absolute Gasteiger partial charge is 0.270 e. The van der Waals surface area contributed by atoms with E-state index in [1.165, 1.54) is 25.3 Å². The molecular weight excluding hydrogens is 328 g/mol. The van der Waals surface area contributed by atoms with E-state index in [9.17, 15) is 14.9 Å². The fraction of sp³-hybridized carbons (Fsp3) is 0.235. The third-order valence-electron chi connectivity index (χ3n) is 3.60. The normalized spacial score (nSPS) is 11.6. The monoisotopic (exact) mass is 346 g/mol. The second kappa shape index (κ2) is 7.83. The molecule has 0 bridgehead atoms. The molecule has 0 aromatic heterocycles. The van der Waals surface area contributed by atoms with Crippen LogP contribution in [0, 0.1) is 10.1 Å². The van der Waals surface area contributed by atoms with E-state index in [-0.39, 0.29) is 17.3 Å². The summed E-state index contributed by atoms with van der Waals surface area (Å²) in [5.74, 6) is -0.125. The van der Waals surface area contributed by atoms with E-state index in [2.05, 4.69) is 5.32 Å². The van der Waals surface area contributed by atoms with Crippen molar-refractivity contribution in [3.8, 4) is 5.75 Å². The summed E-state index contributed by atoms with van der Waals surface area (Å²) < 4.78 is 5.13. The Bertz CT molecular complexity index is 747. The Morgan fingerprint density at radius 1 is 1.25 bits per heavy atom. The molecule has 0 radical (unpaired) electrons. The first kappa shape index (κ1) is 17.8. The van der Waals surface area contributed by atoms with Gasteiger partial charge in [-0.2, -0.15) is 0 Å². The van der Waals surface area contributed by atoms with E-state index in [0.717, 1.165) is 10.5 Å². The quantitative estimate of drug-likeness (QED) is 0.488. The highest BCUT2D eigenvalue weighted by Crippen LogP contribution is 2.25. The first-order valence-electron chi connectivity index (χ1n) is 7.23. The first-order chi connectivity index (χ1) is 11.5. The third-order valence-corrected chi connectivity index (χ3v) is 4.35. The van der Waals surface area contributed by atoms with Crippen molar-refractivity contribution in [3.63, 3.8) is 0 Å². The second-order valence-corrected chi connectivity index (χ2v) is 5.99. The van der Waals surface area contributed by atoms with E-state index >= 15 is 0 Å². The highest BCUT2D eigenvalue weighted by molar-refractivity contribution is 7.98. The Balaban J connectivity index is 2.21. The van der Waals surface area contributed by atoms with Gasteiger partial charge in [-0.1, -0.05) is 12.1 Å². The SMILES string of the molecule is COc1ccc([N+](=O)[O-])cc1C(=O)NC(C)c1ccc(SC)cc1. The summed E-state index contributed by atoms with van der Waals surface area (Å²) in [5.41, 5.74) is 0.933. The number of methoxy groups -OCH3 is 1. The Hall–Kier alpha value is -2.54. The maximum atomic E-state index is 12.5. The van der Waals surface area contributed by atoms with Crippen LogP contribution in [0.5, 0.6) is 5.75 Å². The molecule has 0 saturated heterocycles. The lowest BCUT2D eigenvalue weighted by molar-refractivity contribution is -0.384. The zero-order chi connectivity index (χ0) is 17.7. The number of thioether (sulfide) groups is 1. The van der Waals surface area contributed by atoms with E-state index in [1.54, 1.807) is 11.8 Å². The van der Waals surface area contributed by atoms with Gasteiger partial charge in [0.05, 0.1) is 23.6 Å². The van der Waals surface area contributed by atoms with E-state index in [1.807, 2.05) is 37.4 Å². The van der Waals surface area contributed by atoms with Gasteiger partial charge in [-0.15, -0.1) is 11.8 Å². The molecule has 0 saturated carbocycles. The lowest BCUT2D eigenvalue weighted by Crippen LogP contribution is -2.27. The molecule has 1 amide bonds. The number of rotatable bonds is 6. The maximum Gasteiger partial charge on any atom is 0.270 e. The van der Waals surface area contributed by atoms with E-state index in [4.69, 9.17) is 4.74 Å². The summed E-state index contributed by atoms with van der Waals surface area (Å²) in [6.07, 6.45) is 1.99. The number of nitrogens with zero attached hydrogens (tertiary/aromatic N) is 1. The zero-order valence-electron chi connectivity index (χ0n) is 13.6. The van der Waals surface area contributed by atoms with Gasteiger partial charge < -0.3 is 10.1 Å². The van der Waals surface area contributed by atoms with Crippen LogP contribution in [-0.2, 0) is 0 Å². The summed E-state index contributed by atoms with van der Waals surface area (Å²) in [6, 6.07) is 11.6. The largest absolute Gasteiger partial charge is 0.496 e.